The minimum absolute atomic E-state index is 0.205. The molecule has 6 nitrogen and oxygen atoms in total. The number of urea groups is 1. The number of nitrogens with one attached hydrogen (secondary N) is 2. The topological polar surface area (TPSA) is 66.7 Å². The van der Waals surface area contributed by atoms with Crippen LogP contribution >= 0.6 is 0 Å². The van der Waals surface area contributed by atoms with Gasteiger partial charge in [-0.15, -0.1) is 0 Å². The molecule has 0 saturated carbocycles. The van der Waals surface area contributed by atoms with Gasteiger partial charge in [0.15, 0.2) is 0 Å². The Kier molecular flexibility index (Phi) is 4.54. The van der Waals surface area contributed by atoms with Crippen molar-refractivity contribution in [2.45, 2.75) is 0 Å². The largest absolute Gasteiger partial charge is 0.456 e. The molecule has 1 aromatic heterocycles. The maximum absolute atomic E-state index is 12.1. The van der Waals surface area contributed by atoms with Crippen molar-refractivity contribution in [1.82, 2.24) is 10.2 Å². The molecule has 0 bridgehead atoms. The highest BCUT2D eigenvalue weighted by atomic mass is 16.5. The van der Waals surface area contributed by atoms with Gasteiger partial charge in [0.1, 0.15) is 11.2 Å². The van der Waals surface area contributed by atoms with Crippen LogP contribution in [-0.4, -0.2) is 50.3 Å². The molecule has 6 heteroatoms. The molecule has 2 heterocycles. The molecule has 1 aliphatic rings. The number of hydrogen-bond donors (Lipinski definition) is 2. The summed E-state index contributed by atoms with van der Waals surface area (Å²) < 4.78 is 11.2. The third-order valence-electron chi connectivity index (χ3n) is 4.45. The van der Waals surface area contributed by atoms with Gasteiger partial charge in [-0.05, 0) is 18.2 Å². The summed E-state index contributed by atoms with van der Waals surface area (Å²) in [6, 6.07) is 13.4. The Morgan fingerprint density at radius 3 is 2.72 bits per heavy atom. The first-order valence-electron chi connectivity index (χ1n) is 8.56. The van der Waals surface area contributed by atoms with E-state index in [0.717, 1.165) is 60.5 Å². The third-order valence-corrected chi connectivity index (χ3v) is 4.45. The monoisotopic (exact) mass is 339 g/mol. The van der Waals surface area contributed by atoms with Crippen LogP contribution in [0.4, 0.5) is 10.5 Å². The number of amides is 2. The van der Waals surface area contributed by atoms with Crippen molar-refractivity contribution in [2.24, 2.45) is 0 Å². The van der Waals surface area contributed by atoms with Gasteiger partial charge >= 0.3 is 6.03 Å². The number of para-hydroxylation sites is 1. The average Bonchev–Trinajstić information content (AvgIpc) is 3.00. The van der Waals surface area contributed by atoms with Crippen molar-refractivity contribution >= 4 is 33.7 Å². The first-order chi connectivity index (χ1) is 12.3. The number of benzene rings is 2. The first-order valence-corrected chi connectivity index (χ1v) is 8.56. The minimum atomic E-state index is -0.205. The summed E-state index contributed by atoms with van der Waals surface area (Å²) in [6.45, 7) is 4.82. The zero-order valence-corrected chi connectivity index (χ0v) is 14.0. The summed E-state index contributed by atoms with van der Waals surface area (Å²) in [5, 5.41) is 7.89. The quantitative estimate of drug-likeness (QED) is 0.767. The van der Waals surface area contributed by atoms with Crippen molar-refractivity contribution in [2.75, 3.05) is 44.7 Å². The lowest BCUT2D eigenvalue weighted by Gasteiger charge is -2.26. The molecule has 0 radical (unpaired) electrons. The molecule has 3 aromatic rings. The number of furan rings is 1. The van der Waals surface area contributed by atoms with Crippen molar-refractivity contribution in [1.29, 1.82) is 0 Å². The molecule has 2 amide bonds. The summed E-state index contributed by atoms with van der Waals surface area (Å²) in [6.07, 6.45) is 0. The molecule has 130 valence electrons. The van der Waals surface area contributed by atoms with E-state index in [-0.39, 0.29) is 6.03 Å². The van der Waals surface area contributed by atoms with Gasteiger partial charge in [0, 0.05) is 48.7 Å². The van der Waals surface area contributed by atoms with Crippen LogP contribution in [0.5, 0.6) is 0 Å². The number of anilines is 1. The molecule has 1 saturated heterocycles. The second-order valence-corrected chi connectivity index (χ2v) is 6.14. The summed E-state index contributed by atoms with van der Waals surface area (Å²) in [7, 11) is 0. The van der Waals surface area contributed by atoms with E-state index in [4.69, 9.17) is 9.15 Å². The highest BCUT2D eigenvalue weighted by Gasteiger charge is 2.11. The Bertz CT molecular complexity index is 884. The molecule has 1 fully saturated rings. The number of ether oxygens (including phenoxy) is 1. The van der Waals surface area contributed by atoms with Crippen molar-refractivity contribution in [3.05, 3.63) is 42.5 Å². The number of carbonyl (C=O) groups excluding carboxylic acids is 1. The number of hydrogen-bond acceptors (Lipinski definition) is 4. The van der Waals surface area contributed by atoms with E-state index in [1.807, 2.05) is 42.5 Å². The highest BCUT2D eigenvalue weighted by Crippen LogP contribution is 2.30. The molecule has 2 N–H and O–H groups in total. The summed E-state index contributed by atoms with van der Waals surface area (Å²) in [5.41, 5.74) is 2.34. The maximum Gasteiger partial charge on any atom is 0.319 e. The Balaban J connectivity index is 1.36. The van der Waals surface area contributed by atoms with Gasteiger partial charge in [-0.25, -0.2) is 4.79 Å². The van der Waals surface area contributed by atoms with Crippen LogP contribution in [-0.2, 0) is 4.74 Å². The van der Waals surface area contributed by atoms with Crippen molar-refractivity contribution in [3.63, 3.8) is 0 Å². The summed E-state index contributed by atoms with van der Waals surface area (Å²) in [4.78, 5) is 14.3. The van der Waals surface area contributed by atoms with Crippen LogP contribution in [0.1, 0.15) is 0 Å². The van der Waals surface area contributed by atoms with E-state index in [9.17, 15) is 4.79 Å². The Labute approximate surface area is 145 Å². The van der Waals surface area contributed by atoms with E-state index in [0.29, 0.717) is 6.54 Å². The zero-order valence-electron chi connectivity index (χ0n) is 14.0. The summed E-state index contributed by atoms with van der Waals surface area (Å²) >= 11 is 0. The first kappa shape index (κ1) is 15.9. The fourth-order valence-corrected chi connectivity index (χ4v) is 3.13. The van der Waals surface area contributed by atoms with Crippen LogP contribution in [0.25, 0.3) is 21.9 Å². The van der Waals surface area contributed by atoms with Crippen LogP contribution in [0.2, 0.25) is 0 Å². The van der Waals surface area contributed by atoms with Crippen LogP contribution in [0, 0.1) is 0 Å². The predicted octanol–water partition coefficient (Wildman–Crippen LogP) is 3.04. The van der Waals surface area contributed by atoms with Gasteiger partial charge in [0.05, 0.1) is 13.2 Å². The highest BCUT2D eigenvalue weighted by molar-refractivity contribution is 6.06. The fraction of sp³-hybridized carbons (Fsp3) is 0.316. The number of fused-ring (bicyclic) bond motifs is 3. The Morgan fingerprint density at radius 2 is 1.84 bits per heavy atom. The van der Waals surface area contributed by atoms with Crippen LogP contribution < -0.4 is 10.6 Å². The molecular weight excluding hydrogens is 318 g/mol. The number of carbonyl (C=O) groups is 1. The van der Waals surface area contributed by atoms with Gasteiger partial charge in [-0.1, -0.05) is 18.2 Å². The van der Waals surface area contributed by atoms with Crippen molar-refractivity contribution < 1.29 is 13.9 Å². The van der Waals surface area contributed by atoms with Crippen LogP contribution in [0.3, 0.4) is 0 Å². The molecule has 2 aromatic carbocycles. The number of rotatable bonds is 4. The maximum atomic E-state index is 12.1. The van der Waals surface area contributed by atoms with E-state index < -0.39 is 0 Å². The molecule has 1 aliphatic heterocycles. The lowest BCUT2D eigenvalue weighted by Crippen LogP contribution is -2.42. The van der Waals surface area contributed by atoms with Crippen molar-refractivity contribution in [3.8, 4) is 0 Å². The molecular formula is C19H21N3O3. The van der Waals surface area contributed by atoms with Gasteiger partial charge in [-0.2, -0.15) is 0 Å². The fourth-order valence-electron chi connectivity index (χ4n) is 3.13. The molecule has 0 aliphatic carbocycles. The second-order valence-electron chi connectivity index (χ2n) is 6.14. The van der Waals surface area contributed by atoms with E-state index in [1.165, 1.54) is 0 Å². The molecule has 0 unspecified atom stereocenters. The molecule has 4 rings (SSSR count). The standard InChI is InChI=1S/C19H21N3O3/c23-19(20-7-8-22-9-11-24-12-10-22)21-14-5-6-16-15-3-1-2-4-17(15)25-18(16)13-14/h1-6,13H,7-12H2,(H2,20,21,23). The lowest BCUT2D eigenvalue weighted by atomic mass is 10.1. The second kappa shape index (κ2) is 7.13. The van der Waals surface area contributed by atoms with Gasteiger partial charge in [0.2, 0.25) is 0 Å². The van der Waals surface area contributed by atoms with Gasteiger partial charge in [-0.3, -0.25) is 4.90 Å². The SMILES string of the molecule is O=C(NCCN1CCOCC1)Nc1ccc2c(c1)oc1ccccc12. The lowest BCUT2D eigenvalue weighted by molar-refractivity contribution is 0.0388. The van der Waals surface area contributed by atoms with Gasteiger partial charge < -0.3 is 19.8 Å². The normalized spacial score (nSPS) is 15.5. The summed E-state index contributed by atoms with van der Waals surface area (Å²) in [5.74, 6) is 0. The number of morpholine rings is 1. The molecule has 0 spiro atoms. The molecule has 25 heavy (non-hydrogen) atoms. The van der Waals surface area contributed by atoms with Crippen LogP contribution in [0.15, 0.2) is 46.9 Å². The minimum Gasteiger partial charge on any atom is -0.456 e. The number of nitrogens with zero attached hydrogens (tertiary/aromatic N) is 1. The zero-order chi connectivity index (χ0) is 17.1. The van der Waals surface area contributed by atoms with E-state index >= 15 is 0 Å². The Morgan fingerprint density at radius 1 is 1.04 bits per heavy atom. The average molecular weight is 339 g/mol. The smallest absolute Gasteiger partial charge is 0.319 e. The van der Waals surface area contributed by atoms with Gasteiger partial charge in [0.25, 0.3) is 0 Å². The Hall–Kier alpha value is -2.57. The predicted molar refractivity (Wildman–Crippen MR) is 98.0 cm³/mol. The molecule has 0 atom stereocenters. The van der Waals surface area contributed by atoms with E-state index in [1.54, 1.807) is 0 Å². The third kappa shape index (κ3) is 3.60. The van der Waals surface area contributed by atoms with E-state index in [2.05, 4.69) is 15.5 Å².